The Morgan fingerprint density at radius 2 is 1.80 bits per heavy atom. The molecule has 1 aromatic heterocycles. The lowest BCUT2D eigenvalue weighted by molar-refractivity contribution is -0.122. The second-order valence-electron chi connectivity index (χ2n) is 8.57. The van der Waals surface area contributed by atoms with Crippen LogP contribution in [0.1, 0.15) is 32.0 Å². The van der Waals surface area contributed by atoms with Gasteiger partial charge in [-0.2, -0.15) is 9.78 Å². The quantitative estimate of drug-likeness (QED) is 0.742. The van der Waals surface area contributed by atoms with Gasteiger partial charge in [0.05, 0.1) is 5.69 Å². The monoisotopic (exact) mass is 423 g/mol. The third-order valence-electron chi connectivity index (χ3n) is 5.12. The summed E-state index contributed by atoms with van der Waals surface area (Å²) < 4.78 is 42.7. The van der Waals surface area contributed by atoms with E-state index in [-0.39, 0.29) is 11.3 Å². The maximum atomic E-state index is 14.4. The maximum absolute atomic E-state index is 14.4. The molecule has 1 aromatic carbocycles. The molecule has 2 heterocycles. The van der Waals surface area contributed by atoms with E-state index >= 15 is 0 Å². The summed E-state index contributed by atoms with van der Waals surface area (Å²) in [5, 5.41) is 6.80. The van der Waals surface area contributed by atoms with Crippen molar-refractivity contribution in [1.82, 2.24) is 20.0 Å². The zero-order valence-corrected chi connectivity index (χ0v) is 17.2. The number of nitrogens with zero attached hydrogens (tertiary/aromatic N) is 3. The number of likely N-dealkylation sites (N-methyl/N-ethyl adjacent to an activating group) is 1. The van der Waals surface area contributed by atoms with E-state index in [1.54, 1.807) is 20.8 Å². The van der Waals surface area contributed by atoms with E-state index in [0.717, 1.165) is 10.7 Å². The van der Waals surface area contributed by atoms with Crippen LogP contribution in [0.2, 0.25) is 0 Å². The van der Waals surface area contributed by atoms with Crippen LogP contribution in [-0.4, -0.2) is 46.3 Å². The average molecular weight is 423 g/mol. The van der Waals surface area contributed by atoms with Gasteiger partial charge >= 0.3 is 6.03 Å². The van der Waals surface area contributed by atoms with E-state index in [1.165, 1.54) is 0 Å². The number of carbonyl (C=O) groups is 2. The van der Waals surface area contributed by atoms with Gasteiger partial charge in [-0.25, -0.2) is 18.0 Å². The number of hydrogen-bond acceptors (Lipinski definition) is 4. The van der Waals surface area contributed by atoms with E-state index < -0.39 is 40.8 Å². The average Bonchev–Trinajstić information content (AvgIpc) is 2.99. The number of fused-ring (bicyclic) bond motifs is 1. The molecule has 1 atom stereocenters. The van der Waals surface area contributed by atoms with Crippen molar-refractivity contribution in [1.29, 1.82) is 0 Å². The van der Waals surface area contributed by atoms with E-state index in [4.69, 9.17) is 5.73 Å². The molecule has 0 fully saturated rings. The molecule has 7 nitrogen and oxygen atoms in total. The predicted molar refractivity (Wildman–Crippen MR) is 104 cm³/mol. The molecule has 162 valence electrons. The van der Waals surface area contributed by atoms with Crippen molar-refractivity contribution in [2.45, 2.75) is 39.8 Å². The van der Waals surface area contributed by atoms with E-state index in [0.29, 0.717) is 36.8 Å². The minimum absolute atomic E-state index is 0.0504. The number of amides is 2. The second-order valence-corrected chi connectivity index (χ2v) is 8.57. The van der Waals surface area contributed by atoms with Gasteiger partial charge in [0.2, 0.25) is 5.91 Å². The molecule has 0 aliphatic carbocycles. The van der Waals surface area contributed by atoms with Gasteiger partial charge in [-0.1, -0.05) is 20.8 Å². The van der Waals surface area contributed by atoms with E-state index in [9.17, 15) is 22.8 Å². The lowest BCUT2D eigenvalue weighted by atomic mass is 9.86. The summed E-state index contributed by atoms with van der Waals surface area (Å²) in [5.74, 6) is -4.22. The molecule has 3 rings (SSSR count). The normalized spacial score (nSPS) is 15.6. The van der Waals surface area contributed by atoms with Crippen LogP contribution in [0.25, 0.3) is 11.3 Å². The number of nitrogens with two attached hydrogens (primary N) is 1. The Kier molecular flexibility index (Phi) is 5.64. The Labute approximate surface area is 172 Å². The SMILES string of the molecule is CN1CCc2c(c(-c3cc(F)c(F)cc3F)nn2C(=O)NC(C(N)=O)C(C)(C)C)C1. The Balaban J connectivity index is 2.09. The minimum atomic E-state index is -1.31. The van der Waals surface area contributed by atoms with Crippen molar-refractivity contribution >= 4 is 11.9 Å². The Morgan fingerprint density at radius 3 is 2.40 bits per heavy atom. The van der Waals surface area contributed by atoms with Crippen molar-refractivity contribution in [3.05, 3.63) is 40.8 Å². The largest absolute Gasteiger partial charge is 0.368 e. The summed E-state index contributed by atoms with van der Waals surface area (Å²) in [7, 11) is 1.84. The molecule has 2 amide bonds. The molecule has 10 heteroatoms. The molecular weight excluding hydrogens is 399 g/mol. The highest BCUT2D eigenvalue weighted by atomic mass is 19.2. The molecule has 1 aliphatic rings. The third-order valence-corrected chi connectivity index (χ3v) is 5.12. The fraction of sp³-hybridized carbons (Fsp3) is 0.450. The minimum Gasteiger partial charge on any atom is -0.368 e. The summed E-state index contributed by atoms with van der Waals surface area (Å²) in [6.07, 6.45) is 0.425. The topological polar surface area (TPSA) is 93.2 Å². The zero-order chi connectivity index (χ0) is 22.4. The van der Waals surface area contributed by atoms with Crippen LogP contribution in [0.4, 0.5) is 18.0 Å². The molecule has 2 aromatic rings. The molecule has 0 spiro atoms. The molecule has 1 aliphatic heterocycles. The number of aromatic nitrogens is 2. The highest BCUT2D eigenvalue weighted by molar-refractivity contribution is 5.88. The van der Waals surface area contributed by atoms with Crippen LogP contribution in [0.5, 0.6) is 0 Å². The Morgan fingerprint density at radius 1 is 1.17 bits per heavy atom. The Bertz CT molecular complexity index is 1010. The predicted octanol–water partition coefficient (Wildman–Crippen LogP) is 2.41. The molecule has 1 unspecified atom stereocenters. The summed E-state index contributed by atoms with van der Waals surface area (Å²) in [6.45, 7) is 6.20. The number of nitrogens with one attached hydrogen (secondary N) is 1. The van der Waals surface area contributed by atoms with Crippen LogP contribution in [0.3, 0.4) is 0 Å². The summed E-state index contributed by atoms with van der Waals surface area (Å²) >= 11 is 0. The molecule has 0 radical (unpaired) electrons. The lowest BCUT2D eigenvalue weighted by Gasteiger charge is -2.29. The fourth-order valence-electron chi connectivity index (χ4n) is 3.54. The number of primary amides is 1. The van der Waals surface area contributed by atoms with Gasteiger partial charge in [-0.15, -0.1) is 0 Å². The van der Waals surface area contributed by atoms with Crippen LogP contribution < -0.4 is 11.1 Å². The number of carbonyl (C=O) groups excluding carboxylic acids is 2. The lowest BCUT2D eigenvalue weighted by Crippen LogP contribution is -2.53. The Hall–Kier alpha value is -2.88. The third kappa shape index (κ3) is 4.04. The van der Waals surface area contributed by atoms with Crippen LogP contribution >= 0.6 is 0 Å². The van der Waals surface area contributed by atoms with Crippen molar-refractivity contribution in [3.8, 4) is 11.3 Å². The second kappa shape index (κ2) is 7.75. The van der Waals surface area contributed by atoms with Crippen molar-refractivity contribution in [2.24, 2.45) is 11.1 Å². The van der Waals surface area contributed by atoms with Crippen LogP contribution in [0, 0.1) is 22.9 Å². The van der Waals surface area contributed by atoms with Gasteiger partial charge in [0.25, 0.3) is 0 Å². The first-order valence-corrected chi connectivity index (χ1v) is 9.44. The standard InChI is InChI=1S/C20H24F3N5O2/c1-20(2,3)17(18(24)29)25-19(30)28-15-5-6-27(4)9-11(15)16(26-28)10-7-13(22)14(23)8-12(10)21/h7-8,17H,5-6,9H2,1-4H3,(H2,24,29)(H,25,30). The first-order valence-electron chi connectivity index (χ1n) is 9.44. The number of halogens is 3. The first kappa shape index (κ1) is 21.8. The van der Waals surface area contributed by atoms with Gasteiger partial charge in [0, 0.05) is 36.7 Å². The molecule has 30 heavy (non-hydrogen) atoms. The number of benzene rings is 1. The molecule has 0 bridgehead atoms. The van der Waals surface area contributed by atoms with E-state index in [2.05, 4.69) is 10.4 Å². The molecule has 0 saturated carbocycles. The highest BCUT2D eigenvalue weighted by Crippen LogP contribution is 2.32. The summed E-state index contributed by atoms with van der Waals surface area (Å²) in [4.78, 5) is 26.7. The van der Waals surface area contributed by atoms with Gasteiger partial charge < -0.3 is 16.0 Å². The number of rotatable bonds is 3. The van der Waals surface area contributed by atoms with Gasteiger partial charge in [0.1, 0.15) is 17.6 Å². The van der Waals surface area contributed by atoms with Crippen molar-refractivity contribution < 1.29 is 22.8 Å². The summed E-state index contributed by atoms with van der Waals surface area (Å²) in [5.41, 5.74) is 5.65. The zero-order valence-electron chi connectivity index (χ0n) is 17.2. The van der Waals surface area contributed by atoms with Crippen LogP contribution in [0.15, 0.2) is 12.1 Å². The fourth-order valence-corrected chi connectivity index (χ4v) is 3.54. The van der Waals surface area contributed by atoms with Gasteiger partial charge in [0.15, 0.2) is 11.6 Å². The van der Waals surface area contributed by atoms with E-state index in [1.807, 2.05) is 11.9 Å². The van der Waals surface area contributed by atoms with Crippen LogP contribution in [-0.2, 0) is 17.8 Å². The van der Waals surface area contributed by atoms with Crippen molar-refractivity contribution in [3.63, 3.8) is 0 Å². The molecule has 3 N–H and O–H groups in total. The van der Waals surface area contributed by atoms with Crippen molar-refractivity contribution in [2.75, 3.05) is 13.6 Å². The smallest absolute Gasteiger partial charge is 0.343 e. The first-order chi connectivity index (χ1) is 13.9. The molecular formula is C20H24F3N5O2. The summed E-state index contributed by atoms with van der Waals surface area (Å²) in [6, 6.07) is -0.500. The highest BCUT2D eigenvalue weighted by Gasteiger charge is 2.34. The maximum Gasteiger partial charge on any atom is 0.343 e. The van der Waals surface area contributed by atoms with Gasteiger partial charge in [-0.05, 0) is 18.5 Å². The molecule has 0 saturated heterocycles. The van der Waals surface area contributed by atoms with Gasteiger partial charge in [-0.3, -0.25) is 4.79 Å². The number of hydrogen-bond donors (Lipinski definition) is 2.